The Labute approximate surface area is 129 Å². The van der Waals surface area contributed by atoms with Gasteiger partial charge in [0.15, 0.2) is 4.80 Å². The first-order chi connectivity index (χ1) is 9.40. The van der Waals surface area contributed by atoms with Gasteiger partial charge in [-0.25, -0.2) is 4.99 Å². The number of hydrogen-bond acceptors (Lipinski definition) is 3. The normalized spacial score (nSPS) is 13.5. The summed E-state index contributed by atoms with van der Waals surface area (Å²) >= 11 is 13.8. The summed E-state index contributed by atoms with van der Waals surface area (Å²) in [6, 6.07) is 3.19. The number of aryl methyl sites for hydroxylation is 1. The molecule has 0 bridgehead atoms. The highest BCUT2D eigenvalue weighted by Gasteiger charge is 2.17. The van der Waals surface area contributed by atoms with Gasteiger partial charge in [-0.2, -0.15) is 0 Å². The number of nitrogens with zero attached hydrogens (tertiary/aromatic N) is 2. The van der Waals surface area contributed by atoms with Crippen LogP contribution in [0.4, 0.5) is 5.69 Å². The molecular formula is C13H12Cl2N2O2S. The second-order valence-corrected chi connectivity index (χ2v) is 5.99. The fraction of sp³-hybridized carbons (Fsp3) is 0.231. The molecule has 0 radical (unpaired) electrons. The molecule has 1 heterocycles. The Hall–Kier alpha value is -1.30. The minimum atomic E-state index is -0.925. The van der Waals surface area contributed by atoms with Crippen molar-refractivity contribution >= 4 is 46.2 Å². The highest BCUT2D eigenvalue weighted by Crippen LogP contribution is 2.36. The molecule has 2 aromatic rings. The number of rotatable bonds is 3. The van der Waals surface area contributed by atoms with E-state index < -0.39 is 11.9 Å². The van der Waals surface area contributed by atoms with Crippen molar-refractivity contribution in [1.82, 2.24) is 4.57 Å². The third kappa shape index (κ3) is 3.06. The lowest BCUT2D eigenvalue weighted by molar-refractivity contribution is -0.138. The van der Waals surface area contributed by atoms with Crippen LogP contribution in [0.3, 0.4) is 0 Å². The van der Waals surface area contributed by atoms with E-state index in [-0.39, 0.29) is 0 Å². The predicted octanol–water partition coefficient (Wildman–Crippen LogP) is 3.81. The topological polar surface area (TPSA) is 54.6 Å². The van der Waals surface area contributed by atoms with Gasteiger partial charge in [0.05, 0.1) is 16.0 Å². The number of aromatic nitrogens is 1. The summed E-state index contributed by atoms with van der Waals surface area (Å²) in [6.45, 7) is 1.58. The van der Waals surface area contributed by atoms with Crippen LogP contribution in [-0.2, 0) is 11.8 Å². The summed E-state index contributed by atoms with van der Waals surface area (Å²) < 4.78 is 1.85. The molecule has 0 spiro atoms. The molecule has 0 saturated carbocycles. The second kappa shape index (κ2) is 5.99. The van der Waals surface area contributed by atoms with E-state index in [2.05, 4.69) is 4.99 Å². The Morgan fingerprint density at radius 3 is 2.45 bits per heavy atom. The summed E-state index contributed by atoms with van der Waals surface area (Å²) in [5, 5.41) is 11.6. The molecule has 0 fully saturated rings. The van der Waals surface area contributed by atoms with Gasteiger partial charge in [0.2, 0.25) is 0 Å². The summed E-state index contributed by atoms with van der Waals surface area (Å²) in [7, 11) is 1.87. The number of carboxylic acid groups (broad SMARTS) is 1. The van der Waals surface area contributed by atoms with Gasteiger partial charge in [0.1, 0.15) is 5.69 Å². The minimum absolute atomic E-state index is 0.342. The monoisotopic (exact) mass is 330 g/mol. The molecule has 1 N–H and O–H groups in total. The number of thiazole rings is 1. The molecule has 1 unspecified atom stereocenters. The molecular weight excluding hydrogens is 319 g/mol. The smallest absolute Gasteiger partial charge is 0.310 e. The summed E-state index contributed by atoms with van der Waals surface area (Å²) in [5.41, 5.74) is 1.01. The molecule has 1 atom stereocenters. The fourth-order valence-electron chi connectivity index (χ4n) is 1.61. The van der Waals surface area contributed by atoms with Crippen LogP contribution in [0, 0.1) is 0 Å². The van der Waals surface area contributed by atoms with E-state index in [4.69, 9.17) is 28.3 Å². The largest absolute Gasteiger partial charge is 0.481 e. The van der Waals surface area contributed by atoms with Gasteiger partial charge in [0, 0.05) is 18.6 Å². The number of aliphatic carboxylic acids is 1. The maximum Gasteiger partial charge on any atom is 0.310 e. The average Bonchev–Trinajstić information content (AvgIpc) is 2.78. The van der Waals surface area contributed by atoms with Crippen molar-refractivity contribution in [3.8, 4) is 0 Å². The van der Waals surface area contributed by atoms with Gasteiger partial charge in [-0.05, 0) is 24.6 Å². The van der Waals surface area contributed by atoms with Gasteiger partial charge < -0.3 is 9.67 Å². The molecule has 20 heavy (non-hydrogen) atoms. The first-order valence-corrected chi connectivity index (χ1v) is 7.40. The van der Waals surface area contributed by atoms with Crippen molar-refractivity contribution < 1.29 is 9.90 Å². The zero-order valence-corrected chi connectivity index (χ0v) is 13.1. The van der Waals surface area contributed by atoms with Gasteiger partial charge in [0.25, 0.3) is 0 Å². The number of carboxylic acids is 1. The van der Waals surface area contributed by atoms with Crippen LogP contribution in [0.25, 0.3) is 0 Å². The highest BCUT2D eigenvalue weighted by atomic mass is 35.5. The molecule has 1 aromatic heterocycles. The standard InChI is InChI=1S/C13H12Cl2N2O2S/c1-7(12(18)19)8-5-9(14)11(10(15)6-8)16-13-17(2)3-4-20-13/h3-7H,1-2H3,(H,18,19). The van der Waals surface area contributed by atoms with Crippen LogP contribution in [0.5, 0.6) is 0 Å². The molecule has 0 aliphatic carbocycles. The fourth-order valence-corrected chi connectivity index (χ4v) is 2.94. The molecule has 0 aliphatic rings. The molecule has 0 aliphatic heterocycles. The van der Waals surface area contributed by atoms with Crippen LogP contribution in [0.1, 0.15) is 18.4 Å². The third-order valence-electron chi connectivity index (χ3n) is 2.88. The van der Waals surface area contributed by atoms with E-state index in [1.54, 1.807) is 19.1 Å². The third-order valence-corrected chi connectivity index (χ3v) is 4.30. The first-order valence-electron chi connectivity index (χ1n) is 5.76. The molecule has 0 saturated heterocycles. The lowest BCUT2D eigenvalue weighted by Crippen LogP contribution is -2.09. The van der Waals surface area contributed by atoms with Crippen LogP contribution in [0.15, 0.2) is 28.7 Å². The van der Waals surface area contributed by atoms with Crippen molar-refractivity contribution in [2.45, 2.75) is 12.8 Å². The van der Waals surface area contributed by atoms with Crippen LogP contribution in [0.2, 0.25) is 10.0 Å². The van der Waals surface area contributed by atoms with Crippen molar-refractivity contribution in [3.63, 3.8) is 0 Å². The molecule has 7 heteroatoms. The van der Waals surface area contributed by atoms with Gasteiger partial charge >= 0.3 is 5.97 Å². The summed E-state index contributed by atoms with van der Waals surface area (Å²) in [5.74, 6) is -1.59. The zero-order valence-electron chi connectivity index (χ0n) is 10.8. The first kappa shape index (κ1) is 15.1. The van der Waals surface area contributed by atoms with Crippen LogP contribution >= 0.6 is 34.5 Å². The quantitative estimate of drug-likeness (QED) is 0.930. The van der Waals surface area contributed by atoms with E-state index >= 15 is 0 Å². The second-order valence-electron chi connectivity index (χ2n) is 4.30. The number of carbonyl (C=O) groups is 1. The van der Waals surface area contributed by atoms with Crippen molar-refractivity contribution in [2.24, 2.45) is 12.0 Å². The Balaban J connectivity index is 2.53. The Morgan fingerprint density at radius 1 is 1.40 bits per heavy atom. The molecule has 0 amide bonds. The van der Waals surface area contributed by atoms with E-state index in [1.807, 2.05) is 23.2 Å². The highest BCUT2D eigenvalue weighted by molar-refractivity contribution is 7.07. The van der Waals surface area contributed by atoms with Crippen molar-refractivity contribution in [2.75, 3.05) is 0 Å². The lowest BCUT2D eigenvalue weighted by Gasteiger charge is -2.10. The molecule has 2 rings (SSSR count). The molecule has 4 nitrogen and oxygen atoms in total. The van der Waals surface area contributed by atoms with Gasteiger partial charge in [-0.3, -0.25) is 4.79 Å². The number of benzene rings is 1. The van der Waals surface area contributed by atoms with E-state index in [1.165, 1.54) is 11.3 Å². The average molecular weight is 331 g/mol. The summed E-state index contributed by atoms with van der Waals surface area (Å²) in [4.78, 5) is 16.2. The van der Waals surface area contributed by atoms with E-state index in [0.29, 0.717) is 21.3 Å². The molecule has 106 valence electrons. The SMILES string of the molecule is CC(C(=O)O)c1cc(Cl)c(N=c2sccn2C)c(Cl)c1. The van der Waals surface area contributed by atoms with Crippen LogP contribution < -0.4 is 4.80 Å². The van der Waals surface area contributed by atoms with Gasteiger partial charge in [-0.1, -0.05) is 23.2 Å². The van der Waals surface area contributed by atoms with Crippen LogP contribution in [-0.4, -0.2) is 15.6 Å². The maximum atomic E-state index is 11.0. The van der Waals surface area contributed by atoms with Gasteiger partial charge in [-0.15, -0.1) is 11.3 Å². The van der Waals surface area contributed by atoms with Crippen molar-refractivity contribution in [1.29, 1.82) is 0 Å². The number of hydrogen-bond donors (Lipinski definition) is 1. The van der Waals surface area contributed by atoms with E-state index in [9.17, 15) is 4.79 Å². The zero-order chi connectivity index (χ0) is 14.9. The maximum absolute atomic E-state index is 11.0. The predicted molar refractivity (Wildman–Crippen MR) is 81.0 cm³/mol. The Kier molecular flexibility index (Phi) is 4.52. The van der Waals surface area contributed by atoms with E-state index in [0.717, 1.165) is 4.80 Å². The minimum Gasteiger partial charge on any atom is -0.481 e. The molecule has 1 aromatic carbocycles. The Bertz CT molecular complexity index is 698. The number of halogens is 2. The van der Waals surface area contributed by atoms with Crippen molar-refractivity contribution in [3.05, 3.63) is 44.1 Å². The lowest BCUT2D eigenvalue weighted by atomic mass is 10.0. The Morgan fingerprint density at radius 2 is 2.00 bits per heavy atom. The summed E-state index contributed by atoms with van der Waals surface area (Å²) in [6.07, 6.45) is 1.88.